The van der Waals surface area contributed by atoms with Crippen molar-refractivity contribution in [3.05, 3.63) is 35.4 Å². The lowest BCUT2D eigenvalue weighted by atomic mass is 10.1. The first-order valence-electron chi connectivity index (χ1n) is 4.66. The Morgan fingerprint density at radius 3 is 2.23 bits per heavy atom. The van der Waals surface area contributed by atoms with Crippen molar-refractivity contribution < 1.29 is 11.0 Å². The van der Waals surface area contributed by atoms with Crippen molar-refractivity contribution >= 4 is 11.6 Å². The van der Waals surface area contributed by atoms with Crippen molar-refractivity contribution in [3.63, 3.8) is 0 Å². The van der Waals surface area contributed by atoms with Crippen LogP contribution < -0.4 is 5.32 Å². The quantitative estimate of drug-likeness (QED) is 0.639. The van der Waals surface area contributed by atoms with Crippen molar-refractivity contribution in [2.24, 2.45) is 0 Å². The Morgan fingerprint density at radius 2 is 1.77 bits per heavy atom. The molecule has 1 aliphatic carbocycles. The third kappa shape index (κ3) is 1.01. The van der Waals surface area contributed by atoms with Gasteiger partial charge in [0.2, 0.25) is 0 Å². The normalized spacial score (nSPS) is 17.4. The van der Waals surface area contributed by atoms with Gasteiger partial charge in [-0.2, -0.15) is 0 Å². The Morgan fingerprint density at radius 1 is 1.23 bits per heavy atom. The number of carbonyl (C=O) groups excluding carboxylic acids is 2. The molecule has 3 heteroatoms. The molecule has 1 N–H and O–H groups in total. The van der Waals surface area contributed by atoms with Gasteiger partial charge in [0.25, 0.3) is 0 Å². The lowest BCUT2D eigenvalue weighted by Gasteiger charge is -2.01. The van der Waals surface area contributed by atoms with Gasteiger partial charge in [0, 0.05) is 12.5 Å². The molecule has 0 radical (unpaired) electrons. The van der Waals surface area contributed by atoms with Gasteiger partial charge in [-0.05, 0) is 7.02 Å². The molecule has 0 aliphatic heterocycles. The van der Waals surface area contributed by atoms with Gasteiger partial charge in [-0.15, -0.1) is 0 Å². The standard InChI is InChI=1S/C10H9NO2/c1-11-8-9(12)6-4-2-3-5-7(6)10(8)13/h2-5,8,11H,1H3/i1D. The van der Waals surface area contributed by atoms with Gasteiger partial charge in [0.1, 0.15) is 6.04 Å². The third-order valence-corrected chi connectivity index (χ3v) is 2.19. The molecule has 0 amide bonds. The van der Waals surface area contributed by atoms with Gasteiger partial charge in [0.15, 0.2) is 11.6 Å². The summed E-state index contributed by atoms with van der Waals surface area (Å²) < 4.78 is 6.94. The minimum absolute atomic E-state index is 0.129. The maximum absolute atomic E-state index is 11.6. The number of ketones is 2. The van der Waals surface area contributed by atoms with E-state index >= 15 is 0 Å². The molecule has 13 heavy (non-hydrogen) atoms. The fraction of sp³-hybridized carbons (Fsp3) is 0.200. The van der Waals surface area contributed by atoms with Gasteiger partial charge in [0.05, 0.1) is 0 Å². The predicted molar refractivity (Wildman–Crippen MR) is 48.0 cm³/mol. The average molecular weight is 176 g/mol. The number of likely N-dealkylation sites (N-methyl/N-ethyl adjacent to an activating group) is 1. The van der Waals surface area contributed by atoms with Gasteiger partial charge >= 0.3 is 0 Å². The van der Waals surface area contributed by atoms with Crippen molar-refractivity contribution in [2.75, 3.05) is 7.02 Å². The Labute approximate surface area is 77.2 Å². The maximum atomic E-state index is 11.6. The first-order chi connectivity index (χ1) is 6.75. The number of Topliss-reactive ketones (excluding diaryl/α,β-unsaturated/α-hetero) is 2. The number of benzene rings is 1. The zero-order chi connectivity index (χ0) is 10.1. The molecule has 66 valence electrons. The van der Waals surface area contributed by atoms with Crippen LogP contribution in [-0.4, -0.2) is 24.6 Å². The van der Waals surface area contributed by atoms with Crippen LogP contribution in [0.2, 0.25) is 0 Å². The molecule has 1 aromatic carbocycles. The monoisotopic (exact) mass is 176 g/mol. The van der Waals surface area contributed by atoms with E-state index in [9.17, 15) is 9.59 Å². The molecule has 3 nitrogen and oxygen atoms in total. The van der Waals surface area contributed by atoms with Crippen LogP contribution >= 0.6 is 0 Å². The fourth-order valence-electron chi connectivity index (χ4n) is 1.53. The molecule has 0 fully saturated rings. The van der Waals surface area contributed by atoms with Gasteiger partial charge in [-0.25, -0.2) is 0 Å². The van der Waals surface area contributed by atoms with Crippen LogP contribution in [0.25, 0.3) is 0 Å². The van der Waals surface area contributed by atoms with Gasteiger partial charge < -0.3 is 5.32 Å². The summed E-state index contributed by atoms with van der Waals surface area (Å²) in [4.78, 5) is 23.3. The molecule has 2 rings (SSSR count). The summed E-state index contributed by atoms with van der Waals surface area (Å²) in [6, 6.07) is 5.90. The summed E-state index contributed by atoms with van der Waals surface area (Å²) >= 11 is 0. The smallest absolute Gasteiger partial charge is 0.188 e. The van der Waals surface area contributed by atoms with Crippen molar-refractivity contribution in [2.45, 2.75) is 6.04 Å². The molecule has 0 unspecified atom stereocenters. The van der Waals surface area contributed by atoms with Crippen LogP contribution in [0.3, 0.4) is 0 Å². The SMILES string of the molecule is [2H]CNC1C(=O)c2ccccc2C1=O. The van der Waals surface area contributed by atoms with E-state index < -0.39 is 6.04 Å². The Hall–Kier alpha value is -1.48. The lowest BCUT2D eigenvalue weighted by molar-refractivity contribution is 0.0874. The Bertz CT molecular complexity index is 368. The highest BCUT2D eigenvalue weighted by Crippen LogP contribution is 2.21. The van der Waals surface area contributed by atoms with Crippen molar-refractivity contribution in [3.8, 4) is 0 Å². The van der Waals surface area contributed by atoms with E-state index in [-0.39, 0.29) is 18.6 Å². The first kappa shape index (κ1) is 6.97. The topological polar surface area (TPSA) is 46.2 Å². The summed E-state index contributed by atoms with van der Waals surface area (Å²) in [6.07, 6.45) is 0. The number of rotatable bonds is 1. The van der Waals surface area contributed by atoms with Crippen LogP contribution in [0.4, 0.5) is 0 Å². The Kier molecular flexibility index (Phi) is 1.49. The second-order valence-corrected chi connectivity index (χ2v) is 2.91. The van der Waals surface area contributed by atoms with E-state index in [1.54, 1.807) is 24.3 Å². The van der Waals surface area contributed by atoms with E-state index in [4.69, 9.17) is 1.37 Å². The van der Waals surface area contributed by atoms with Crippen LogP contribution in [0.15, 0.2) is 24.3 Å². The van der Waals surface area contributed by atoms with Crippen molar-refractivity contribution in [1.29, 1.82) is 0 Å². The van der Waals surface area contributed by atoms with E-state index in [1.807, 2.05) is 0 Å². The summed E-state index contributed by atoms with van der Waals surface area (Å²) in [7, 11) is -0.129. The minimum Gasteiger partial charge on any atom is -0.304 e. The first-order valence-corrected chi connectivity index (χ1v) is 3.96. The number of hydrogen-bond donors (Lipinski definition) is 1. The lowest BCUT2D eigenvalue weighted by Crippen LogP contribution is -2.35. The molecule has 0 bridgehead atoms. The minimum atomic E-state index is -0.843. The summed E-state index contributed by atoms with van der Waals surface area (Å²) in [5.41, 5.74) is 0.923. The highest BCUT2D eigenvalue weighted by molar-refractivity contribution is 6.29. The number of fused-ring (bicyclic) bond motifs is 1. The molecule has 1 aliphatic rings. The summed E-state index contributed by atoms with van der Waals surface area (Å²) in [5.74, 6) is -0.448. The highest BCUT2D eigenvalue weighted by Gasteiger charge is 2.36. The van der Waals surface area contributed by atoms with E-state index in [1.165, 1.54) is 0 Å². The molecule has 0 heterocycles. The van der Waals surface area contributed by atoms with Crippen molar-refractivity contribution in [1.82, 2.24) is 5.32 Å². The third-order valence-electron chi connectivity index (χ3n) is 2.19. The molecule has 0 saturated heterocycles. The van der Waals surface area contributed by atoms with Gasteiger partial charge in [-0.1, -0.05) is 24.3 Å². The van der Waals surface area contributed by atoms with E-state index in [0.29, 0.717) is 11.1 Å². The number of hydrogen-bond acceptors (Lipinski definition) is 3. The van der Waals surface area contributed by atoms with E-state index in [0.717, 1.165) is 0 Å². The zero-order valence-electron chi connectivity index (χ0n) is 7.91. The molecule has 1 aromatic rings. The number of carbonyl (C=O) groups is 2. The zero-order valence-corrected chi connectivity index (χ0v) is 6.91. The molecular formula is C10H9NO2. The summed E-state index contributed by atoms with van der Waals surface area (Å²) in [5, 5.41) is 2.56. The molecule has 0 aromatic heterocycles. The van der Waals surface area contributed by atoms with Crippen LogP contribution in [-0.2, 0) is 0 Å². The second kappa shape index (κ2) is 2.78. The average Bonchev–Trinajstić information content (AvgIpc) is 2.45. The highest BCUT2D eigenvalue weighted by atomic mass is 16.2. The maximum Gasteiger partial charge on any atom is 0.188 e. The Balaban J connectivity index is 2.43. The fourth-order valence-corrected chi connectivity index (χ4v) is 1.53. The largest absolute Gasteiger partial charge is 0.304 e. The predicted octanol–water partition coefficient (Wildman–Crippen LogP) is 0.654. The molecule has 0 saturated carbocycles. The molecular weight excluding hydrogens is 166 g/mol. The van der Waals surface area contributed by atoms with Crippen LogP contribution in [0.5, 0.6) is 0 Å². The summed E-state index contributed by atoms with van der Waals surface area (Å²) in [6.45, 7) is 0. The number of nitrogens with one attached hydrogen (secondary N) is 1. The van der Waals surface area contributed by atoms with Gasteiger partial charge in [-0.3, -0.25) is 9.59 Å². The molecule has 0 atom stereocenters. The van der Waals surface area contributed by atoms with Crippen LogP contribution in [0, 0.1) is 0 Å². The molecule has 0 spiro atoms. The van der Waals surface area contributed by atoms with Crippen LogP contribution in [0.1, 0.15) is 22.1 Å². The second-order valence-electron chi connectivity index (χ2n) is 2.91. The van der Waals surface area contributed by atoms with E-state index in [2.05, 4.69) is 5.32 Å².